The van der Waals surface area contributed by atoms with E-state index in [0.29, 0.717) is 24.6 Å². The van der Waals surface area contributed by atoms with Crippen molar-refractivity contribution in [1.82, 2.24) is 20.1 Å². The molecular formula is C22H25N5O. The fourth-order valence-corrected chi connectivity index (χ4v) is 3.28. The third-order valence-corrected chi connectivity index (χ3v) is 5.02. The van der Waals surface area contributed by atoms with Gasteiger partial charge >= 0.3 is 0 Å². The first-order valence-corrected chi connectivity index (χ1v) is 9.65. The first-order valence-electron chi connectivity index (χ1n) is 9.65. The second-order valence-corrected chi connectivity index (χ2v) is 7.39. The second-order valence-electron chi connectivity index (χ2n) is 7.39. The number of nitrogens with one attached hydrogen (secondary N) is 1. The quantitative estimate of drug-likeness (QED) is 0.688. The van der Waals surface area contributed by atoms with Crippen LogP contribution in [0.5, 0.6) is 0 Å². The molecule has 0 atom stereocenters. The Morgan fingerprint density at radius 2 is 1.96 bits per heavy atom. The lowest BCUT2D eigenvalue weighted by Gasteiger charge is -2.13. The summed E-state index contributed by atoms with van der Waals surface area (Å²) in [5.74, 6) is 0.536. The fraction of sp³-hybridized carbons (Fsp3) is 0.318. The summed E-state index contributed by atoms with van der Waals surface area (Å²) in [6.45, 7) is 1.21. The van der Waals surface area contributed by atoms with Crippen LogP contribution in [0.25, 0.3) is 11.3 Å². The van der Waals surface area contributed by atoms with Crippen molar-refractivity contribution in [3.05, 3.63) is 66.1 Å². The van der Waals surface area contributed by atoms with E-state index in [4.69, 9.17) is 5.10 Å². The van der Waals surface area contributed by atoms with E-state index in [2.05, 4.69) is 16.4 Å². The van der Waals surface area contributed by atoms with Crippen molar-refractivity contribution in [2.24, 2.45) is 0 Å². The van der Waals surface area contributed by atoms with E-state index < -0.39 is 0 Å². The Morgan fingerprint density at radius 1 is 1.18 bits per heavy atom. The summed E-state index contributed by atoms with van der Waals surface area (Å²) in [5.41, 5.74) is 4.98. The van der Waals surface area contributed by atoms with E-state index in [0.717, 1.165) is 16.9 Å². The average Bonchev–Trinajstić information content (AvgIpc) is 3.48. The smallest absolute Gasteiger partial charge is 0.251 e. The van der Waals surface area contributed by atoms with Gasteiger partial charge in [0.05, 0.1) is 12.2 Å². The standard InChI is InChI=1S/C22H25N5O/c1-26(2)19-5-3-4-18(14-19)22(28)24-12-13-27-21(17-6-7-17)15-20(25-27)16-8-10-23-11-9-16/h3-5,8-11,14-15,17H,6-7,12-13H2,1-2H3,(H,24,28). The van der Waals surface area contributed by atoms with Crippen molar-refractivity contribution in [2.45, 2.75) is 25.3 Å². The van der Waals surface area contributed by atoms with Gasteiger partial charge in [0.15, 0.2) is 0 Å². The summed E-state index contributed by atoms with van der Waals surface area (Å²) in [6, 6.07) is 13.8. The zero-order valence-electron chi connectivity index (χ0n) is 16.3. The summed E-state index contributed by atoms with van der Waals surface area (Å²) < 4.78 is 2.05. The number of carbonyl (C=O) groups is 1. The van der Waals surface area contributed by atoms with Gasteiger partial charge in [-0.15, -0.1) is 0 Å². The lowest BCUT2D eigenvalue weighted by atomic mass is 10.1. The summed E-state index contributed by atoms with van der Waals surface area (Å²) in [5, 5.41) is 7.80. The normalized spacial score (nSPS) is 13.4. The minimum absolute atomic E-state index is 0.0572. The number of aromatic nitrogens is 3. The van der Waals surface area contributed by atoms with Crippen LogP contribution in [-0.2, 0) is 6.54 Å². The van der Waals surface area contributed by atoms with Gasteiger partial charge in [0.1, 0.15) is 0 Å². The molecule has 1 amide bonds. The Hall–Kier alpha value is -3.15. The van der Waals surface area contributed by atoms with E-state index in [1.54, 1.807) is 12.4 Å². The highest BCUT2D eigenvalue weighted by Crippen LogP contribution is 2.41. The van der Waals surface area contributed by atoms with Crippen LogP contribution < -0.4 is 10.2 Å². The molecule has 1 aliphatic carbocycles. The molecule has 0 saturated heterocycles. The van der Waals surface area contributed by atoms with E-state index in [1.807, 2.05) is 60.1 Å². The molecule has 2 aromatic heterocycles. The van der Waals surface area contributed by atoms with Crippen LogP contribution in [0.3, 0.4) is 0 Å². The Bertz CT molecular complexity index is 960. The number of amides is 1. The molecule has 1 saturated carbocycles. The van der Waals surface area contributed by atoms with E-state index >= 15 is 0 Å². The van der Waals surface area contributed by atoms with Crippen molar-refractivity contribution >= 4 is 11.6 Å². The van der Waals surface area contributed by atoms with Crippen LogP contribution in [0, 0.1) is 0 Å². The molecule has 6 nitrogen and oxygen atoms in total. The monoisotopic (exact) mass is 375 g/mol. The van der Waals surface area contributed by atoms with Gasteiger partial charge in [-0.1, -0.05) is 6.07 Å². The lowest BCUT2D eigenvalue weighted by molar-refractivity contribution is 0.0952. The molecule has 1 aromatic carbocycles. The van der Waals surface area contributed by atoms with E-state index in [9.17, 15) is 4.79 Å². The predicted octanol–water partition coefficient (Wildman–Crippen LogP) is 3.32. The molecule has 0 aliphatic heterocycles. The van der Waals surface area contributed by atoms with Crippen molar-refractivity contribution in [2.75, 3.05) is 25.5 Å². The molecule has 1 aliphatic rings. The molecule has 2 heterocycles. The van der Waals surface area contributed by atoms with Gasteiger partial charge in [0, 0.05) is 61.5 Å². The van der Waals surface area contributed by atoms with Gasteiger partial charge in [0.2, 0.25) is 0 Å². The minimum atomic E-state index is -0.0572. The Kier molecular flexibility index (Phi) is 5.10. The lowest BCUT2D eigenvalue weighted by Crippen LogP contribution is -2.28. The molecule has 0 bridgehead atoms. The van der Waals surface area contributed by atoms with E-state index in [1.165, 1.54) is 18.5 Å². The number of carbonyl (C=O) groups excluding carboxylic acids is 1. The van der Waals surface area contributed by atoms with Gasteiger partial charge in [0.25, 0.3) is 5.91 Å². The highest BCUT2D eigenvalue weighted by molar-refractivity contribution is 5.95. The first-order chi connectivity index (χ1) is 13.6. The van der Waals surface area contributed by atoms with Crippen molar-refractivity contribution in [1.29, 1.82) is 0 Å². The third kappa shape index (κ3) is 4.06. The number of nitrogens with zero attached hydrogens (tertiary/aromatic N) is 4. The summed E-state index contributed by atoms with van der Waals surface area (Å²) >= 11 is 0. The van der Waals surface area contributed by atoms with Crippen LogP contribution in [0.1, 0.15) is 34.8 Å². The second kappa shape index (κ2) is 7.84. The molecule has 4 rings (SSSR count). The molecule has 1 fully saturated rings. The summed E-state index contributed by atoms with van der Waals surface area (Å²) in [7, 11) is 3.93. The number of benzene rings is 1. The molecular weight excluding hydrogens is 350 g/mol. The fourth-order valence-electron chi connectivity index (χ4n) is 3.28. The number of hydrogen-bond donors (Lipinski definition) is 1. The van der Waals surface area contributed by atoms with E-state index in [-0.39, 0.29) is 5.91 Å². The molecule has 0 spiro atoms. The van der Waals surface area contributed by atoms with Crippen LogP contribution in [0.2, 0.25) is 0 Å². The van der Waals surface area contributed by atoms with Gasteiger partial charge in [-0.3, -0.25) is 14.5 Å². The Morgan fingerprint density at radius 3 is 2.68 bits per heavy atom. The topological polar surface area (TPSA) is 63.1 Å². The zero-order chi connectivity index (χ0) is 19.5. The highest BCUT2D eigenvalue weighted by Gasteiger charge is 2.28. The largest absolute Gasteiger partial charge is 0.378 e. The maximum Gasteiger partial charge on any atom is 0.251 e. The maximum absolute atomic E-state index is 12.5. The van der Waals surface area contributed by atoms with Crippen molar-refractivity contribution in [3.8, 4) is 11.3 Å². The average molecular weight is 375 g/mol. The summed E-state index contributed by atoms with van der Waals surface area (Å²) in [4.78, 5) is 18.6. The molecule has 3 aromatic rings. The molecule has 1 N–H and O–H groups in total. The molecule has 144 valence electrons. The van der Waals surface area contributed by atoms with Crippen LogP contribution in [-0.4, -0.2) is 41.3 Å². The minimum Gasteiger partial charge on any atom is -0.378 e. The zero-order valence-corrected chi connectivity index (χ0v) is 16.3. The number of pyridine rings is 1. The van der Waals surface area contributed by atoms with Gasteiger partial charge in [-0.2, -0.15) is 5.10 Å². The Labute approximate surface area is 165 Å². The van der Waals surface area contributed by atoms with Crippen molar-refractivity contribution < 1.29 is 4.79 Å². The van der Waals surface area contributed by atoms with Gasteiger partial charge in [-0.25, -0.2) is 0 Å². The third-order valence-electron chi connectivity index (χ3n) is 5.02. The van der Waals surface area contributed by atoms with Crippen LogP contribution >= 0.6 is 0 Å². The molecule has 0 unspecified atom stereocenters. The predicted molar refractivity (Wildman–Crippen MR) is 111 cm³/mol. The van der Waals surface area contributed by atoms with Crippen molar-refractivity contribution in [3.63, 3.8) is 0 Å². The van der Waals surface area contributed by atoms with Gasteiger partial charge in [-0.05, 0) is 49.2 Å². The molecule has 6 heteroatoms. The number of rotatable bonds is 7. The summed E-state index contributed by atoms with van der Waals surface area (Å²) in [6.07, 6.45) is 6.00. The van der Waals surface area contributed by atoms with Crippen LogP contribution in [0.4, 0.5) is 5.69 Å². The van der Waals surface area contributed by atoms with Gasteiger partial charge < -0.3 is 10.2 Å². The SMILES string of the molecule is CN(C)c1cccc(C(=O)NCCn2nc(-c3ccncc3)cc2C2CC2)c1. The first kappa shape index (κ1) is 18.2. The molecule has 0 radical (unpaired) electrons. The highest BCUT2D eigenvalue weighted by atomic mass is 16.1. The molecule has 28 heavy (non-hydrogen) atoms. The van der Waals surface area contributed by atoms with Crippen LogP contribution in [0.15, 0.2) is 54.9 Å². The Balaban J connectivity index is 1.43. The maximum atomic E-state index is 12.5. The number of hydrogen-bond acceptors (Lipinski definition) is 4. The number of anilines is 1.